The molecule has 21 heavy (non-hydrogen) atoms. The molecule has 1 saturated carbocycles. The number of hydrogen-bond donors (Lipinski definition) is 2. The van der Waals surface area contributed by atoms with Gasteiger partial charge in [0.1, 0.15) is 10.7 Å². The zero-order chi connectivity index (χ0) is 14.4. The highest BCUT2D eigenvalue weighted by Gasteiger charge is 2.28. The summed E-state index contributed by atoms with van der Waals surface area (Å²) in [5, 5.41) is 4.06. The van der Waals surface area contributed by atoms with Crippen LogP contribution in [0, 0.1) is 0 Å². The summed E-state index contributed by atoms with van der Waals surface area (Å²) >= 11 is 1.36. The molecular formula is C15H16N4OS. The maximum atomic E-state index is 12.6. The summed E-state index contributed by atoms with van der Waals surface area (Å²) in [4.78, 5) is 19.3. The second kappa shape index (κ2) is 4.73. The molecule has 1 fully saturated rings. The van der Waals surface area contributed by atoms with Crippen LogP contribution in [0.15, 0.2) is 24.3 Å². The van der Waals surface area contributed by atoms with Gasteiger partial charge in [-0.05, 0) is 24.0 Å². The average molecular weight is 300 g/mol. The number of carbonyl (C=O) groups excluding carboxylic acids is 1. The molecule has 0 unspecified atom stereocenters. The molecule has 5 nitrogen and oxygen atoms in total. The van der Waals surface area contributed by atoms with Crippen LogP contribution in [0.3, 0.4) is 0 Å². The van der Waals surface area contributed by atoms with Gasteiger partial charge in [-0.3, -0.25) is 4.79 Å². The van der Waals surface area contributed by atoms with Crippen LogP contribution in [-0.4, -0.2) is 21.8 Å². The first-order valence-corrected chi connectivity index (χ1v) is 7.91. The molecule has 0 atom stereocenters. The molecule has 2 aliphatic rings. The summed E-state index contributed by atoms with van der Waals surface area (Å²) in [5.41, 5.74) is 8.35. The normalized spacial score (nSPS) is 16.9. The minimum Gasteiger partial charge on any atom is -0.382 e. The molecule has 1 aromatic heterocycles. The second-order valence-corrected chi connectivity index (χ2v) is 6.58. The van der Waals surface area contributed by atoms with Crippen LogP contribution in [0.25, 0.3) is 0 Å². The van der Waals surface area contributed by atoms with Crippen molar-refractivity contribution in [3.05, 3.63) is 40.3 Å². The van der Waals surface area contributed by atoms with Crippen molar-refractivity contribution in [3.8, 4) is 0 Å². The number of amides is 1. The number of rotatable bonds is 3. The largest absolute Gasteiger partial charge is 0.382 e. The van der Waals surface area contributed by atoms with Gasteiger partial charge in [-0.15, -0.1) is 0 Å². The molecule has 2 heterocycles. The van der Waals surface area contributed by atoms with Crippen molar-refractivity contribution in [1.82, 2.24) is 9.88 Å². The van der Waals surface area contributed by atoms with E-state index >= 15 is 0 Å². The molecule has 3 N–H and O–H groups in total. The van der Waals surface area contributed by atoms with Gasteiger partial charge in [0.15, 0.2) is 5.13 Å². The van der Waals surface area contributed by atoms with Crippen LogP contribution in [0.4, 0.5) is 10.9 Å². The van der Waals surface area contributed by atoms with E-state index in [1.807, 2.05) is 17.0 Å². The minimum absolute atomic E-state index is 0.0231. The van der Waals surface area contributed by atoms with Crippen molar-refractivity contribution in [2.75, 3.05) is 11.1 Å². The second-order valence-electron chi connectivity index (χ2n) is 5.58. The Labute approximate surface area is 126 Å². The molecule has 1 amide bonds. The Balaban J connectivity index is 1.54. The van der Waals surface area contributed by atoms with Crippen molar-refractivity contribution in [2.45, 2.75) is 32.0 Å². The van der Waals surface area contributed by atoms with Gasteiger partial charge < -0.3 is 16.0 Å². The lowest BCUT2D eigenvalue weighted by atomic mass is 10.1. The molecule has 2 aromatic rings. The van der Waals surface area contributed by atoms with E-state index in [-0.39, 0.29) is 5.91 Å². The quantitative estimate of drug-likeness (QED) is 0.913. The fourth-order valence-electron chi connectivity index (χ4n) is 2.57. The maximum absolute atomic E-state index is 12.6. The smallest absolute Gasteiger partial charge is 0.268 e. The number of nitrogens with zero attached hydrogens (tertiary/aromatic N) is 2. The van der Waals surface area contributed by atoms with Crippen molar-refractivity contribution in [2.24, 2.45) is 0 Å². The summed E-state index contributed by atoms with van der Waals surface area (Å²) in [7, 11) is 0. The van der Waals surface area contributed by atoms with Gasteiger partial charge in [-0.1, -0.05) is 35.6 Å². The molecule has 0 bridgehead atoms. The lowest BCUT2D eigenvalue weighted by Crippen LogP contribution is -2.25. The third-order valence-corrected chi connectivity index (χ3v) is 4.87. The fraction of sp³-hybridized carbons (Fsp3) is 0.333. The van der Waals surface area contributed by atoms with E-state index in [9.17, 15) is 4.79 Å². The topological polar surface area (TPSA) is 71.2 Å². The highest BCUT2D eigenvalue weighted by molar-refractivity contribution is 7.18. The number of nitrogens with two attached hydrogens (primary N) is 1. The molecule has 0 spiro atoms. The van der Waals surface area contributed by atoms with Gasteiger partial charge in [0.25, 0.3) is 5.91 Å². The maximum Gasteiger partial charge on any atom is 0.268 e. The zero-order valence-corrected chi connectivity index (χ0v) is 12.3. The Kier molecular flexibility index (Phi) is 2.85. The van der Waals surface area contributed by atoms with Gasteiger partial charge in [-0.2, -0.15) is 0 Å². The summed E-state index contributed by atoms with van der Waals surface area (Å²) in [6, 6.07) is 8.66. The number of nitrogens with one attached hydrogen (secondary N) is 1. The third kappa shape index (κ3) is 2.35. The van der Waals surface area contributed by atoms with Crippen molar-refractivity contribution < 1.29 is 4.79 Å². The van der Waals surface area contributed by atoms with Crippen molar-refractivity contribution in [1.29, 1.82) is 0 Å². The third-order valence-electron chi connectivity index (χ3n) is 3.88. The Morgan fingerprint density at radius 3 is 2.57 bits per heavy atom. The Bertz CT molecular complexity index is 682. The van der Waals surface area contributed by atoms with Gasteiger partial charge in [0, 0.05) is 19.1 Å². The Hall–Kier alpha value is -2.08. The average Bonchev–Trinajstić information content (AvgIpc) is 3.06. The van der Waals surface area contributed by atoms with Crippen molar-refractivity contribution in [3.63, 3.8) is 0 Å². The molecular weight excluding hydrogens is 284 g/mol. The molecule has 108 valence electrons. The Morgan fingerprint density at radius 1 is 1.29 bits per heavy atom. The van der Waals surface area contributed by atoms with Crippen LogP contribution >= 0.6 is 11.3 Å². The van der Waals surface area contributed by atoms with E-state index in [4.69, 9.17) is 5.73 Å². The number of fused-ring (bicyclic) bond motifs is 1. The van der Waals surface area contributed by atoms with Crippen LogP contribution in [0.5, 0.6) is 0 Å². The first-order chi connectivity index (χ1) is 10.2. The predicted octanol–water partition coefficient (Wildman–Crippen LogP) is 2.46. The van der Waals surface area contributed by atoms with E-state index in [2.05, 4.69) is 22.4 Å². The minimum atomic E-state index is -0.0231. The summed E-state index contributed by atoms with van der Waals surface area (Å²) in [6.07, 6.45) is 2.34. The monoisotopic (exact) mass is 300 g/mol. The number of nitrogen functional groups attached to an aromatic ring is 1. The molecule has 1 aliphatic carbocycles. The summed E-state index contributed by atoms with van der Waals surface area (Å²) in [6.45, 7) is 1.30. The predicted molar refractivity (Wildman–Crippen MR) is 83.2 cm³/mol. The summed E-state index contributed by atoms with van der Waals surface area (Å²) in [5.74, 6) is 0.314. The number of carbonyl (C=O) groups is 1. The van der Waals surface area contributed by atoms with Gasteiger partial charge in [0.2, 0.25) is 0 Å². The lowest BCUT2D eigenvalue weighted by molar-refractivity contribution is 0.0757. The van der Waals surface area contributed by atoms with Gasteiger partial charge in [-0.25, -0.2) is 4.98 Å². The van der Waals surface area contributed by atoms with Gasteiger partial charge in [0.05, 0.1) is 0 Å². The highest BCUT2D eigenvalue weighted by atomic mass is 32.1. The van der Waals surface area contributed by atoms with Crippen LogP contribution in [0.1, 0.15) is 33.6 Å². The number of benzene rings is 1. The van der Waals surface area contributed by atoms with Crippen LogP contribution < -0.4 is 11.1 Å². The number of thiazole rings is 1. The standard InChI is InChI=1S/C15H16N4OS/c16-13-12(21-15(18-13)17-11-5-6-11)14(20)19-7-9-3-1-2-4-10(9)8-19/h1-4,11H,5-8,16H2,(H,17,18). The molecule has 6 heteroatoms. The molecule has 0 saturated heterocycles. The van der Waals surface area contributed by atoms with Crippen molar-refractivity contribution >= 4 is 28.2 Å². The van der Waals surface area contributed by atoms with E-state index in [1.54, 1.807) is 0 Å². The molecule has 0 radical (unpaired) electrons. The lowest BCUT2D eigenvalue weighted by Gasteiger charge is -2.14. The van der Waals surface area contributed by atoms with Crippen LogP contribution in [-0.2, 0) is 13.1 Å². The fourth-order valence-corrected chi connectivity index (χ4v) is 3.50. The van der Waals surface area contributed by atoms with E-state index in [1.165, 1.54) is 35.3 Å². The van der Waals surface area contributed by atoms with E-state index in [0.717, 1.165) is 5.13 Å². The molecule has 1 aliphatic heterocycles. The zero-order valence-electron chi connectivity index (χ0n) is 11.5. The number of hydrogen-bond acceptors (Lipinski definition) is 5. The number of aromatic nitrogens is 1. The first-order valence-electron chi connectivity index (χ1n) is 7.09. The number of anilines is 2. The van der Waals surface area contributed by atoms with E-state index in [0.29, 0.717) is 29.8 Å². The molecule has 4 rings (SSSR count). The highest BCUT2D eigenvalue weighted by Crippen LogP contribution is 2.33. The summed E-state index contributed by atoms with van der Waals surface area (Å²) < 4.78 is 0. The first kappa shape index (κ1) is 12.6. The van der Waals surface area contributed by atoms with E-state index < -0.39 is 0 Å². The Morgan fingerprint density at radius 2 is 1.95 bits per heavy atom. The molecule has 1 aromatic carbocycles. The SMILES string of the molecule is Nc1nc(NC2CC2)sc1C(=O)N1Cc2ccccc2C1. The van der Waals surface area contributed by atoms with Crippen LogP contribution in [0.2, 0.25) is 0 Å². The van der Waals surface area contributed by atoms with Gasteiger partial charge >= 0.3 is 0 Å².